The van der Waals surface area contributed by atoms with Gasteiger partial charge >= 0.3 is 0 Å². The van der Waals surface area contributed by atoms with E-state index >= 15 is 0 Å². The first kappa shape index (κ1) is 19.6. The normalized spacial score (nSPS) is 11.2. The van der Waals surface area contributed by atoms with E-state index in [-0.39, 0.29) is 30.0 Å². The summed E-state index contributed by atoms with van der Waals surface area (Å²) in [7, 11) is 0. The van der Waals surface area contributed by atoms with E-state index in [1.165, 1.54) is 16.5 Å². The molecule has 2 heterocycles. The molecule has 2 aromatic heterocycles. The first-order valence-electron chi connectivity index (χ1n) is 9.83. The van der Waals surface area contributed by atoms with Gasteiger partial charge in [-0.05, 0) is 23.6 Å². The number of nitrogens with zero attached hydrogens (tertiary/aromatic N) is 3. The molecule has 0 aliphatic carbocycles. The number of fused-ring (bicyclic) bond motifs is 1. The summed E-state index contributed by atoms with van der Waals surface area (Å²) in [5.74, 6) is 0.254. The fraction of sp³-hybridized carbons (Fsp3) is 0.217. The Kier molecular flexibility index (Phi) is 5.43. The van der Waals surface area contributed by atoms with Crippen LogP contribution in [0.1, 0.15) is 31.7 Å². The van der Waals surface area contributed by atoms with Crippen LogP contribution in [0.3, 0.4) is 0 Å². The van der Waals surface area contributed by atoms with Crippen molar-refractivity contribution in [3.8, 4) is 11.3 Å². The monoisotopic (exact) mass is 402 g/mol. The number of benzene rings is 2. The van der Waals surface area contributed by atoms with Crippen molar-refractivity contribution in [1.82, 2.24) is 14.7 Å². The number of aryl methyl sites for hydroxylation is 1. The van der Waals surface area contributed by atoms with Gasteiger partial charge in [-0.25, -0.2) is 4.98 Å². The van der Waals surface area contributed by atoms with Gasteiger partial charge in [0.2, 0.25) is 5.91 Å². The van der Waals surface area contributed by atoms with Crippen molar-refractivity contribution in [3.63, 3.8) is 0 Å². The number of amides is 1. The molecule has 0 aliphatic heterocycles. The molecule has 30 heavy (non-hydrogen) atoms. The Hall–Kier alpha value is -3.74. The Balaban J connectivity index is 1.46. The van der Waals surface area contributed by atoms with Gasteiger partial charge in [0.1, 0.15) is 11.2 Å². The molecule has 152 valence electrons. The molecule has 0 saturated heterocycles. The summed E-state index contributed by atoms with van der Waals surface area (Å²) in [6.07, 6.45) is 1.57. The third-order valence-corrected chi connectivity index (χ3v) is 4.94. The maximum absolute atomic E-state index is 12.7. The summed E-state index contributed by atoms with van der Waals surface area (Å²) >= 11 is 0. The molecule has 0 fully saturated rings. The van der Waals surface area contributed by atoms with Gasteiger partial charge in [-0.15, -0.1) is 0 Å². The van der Waals surface area contributed by atoms with Crippen molar-refractivity contribution in [1.29, 1.82) is 0 Å². The molecule has 1 N–H and O–H groups in total. The zero-order chi connectivity index (χ0) is 21.1. The maximum atomic E-state index is 12.7. The number of anilines is 1. The van der Waals surface area contributed by atoms with Gasteiger partial charge in [-0.3, -0.25) is 14.2 Å². The zero-order valence-electron chi connectivity index (χ0n) is 16.8. The highest BCUT2D eigenvalue weighted by Gasteiger charge is 2.16. The SMILES string of the molecule is CC(C)c1ccc(NC(=O)CCn2cnc3c(-c4ccccc4)noc3c2=O)cc1. The molecule has 0 radical (unpaired) electrons. The van der Waals surface area contributed by atoms with Crippen LogP contribution >= 0.6 is 0 Å². The number of carbonyl (C=O) groups excluding carboxylic acids is 1. The minimum absolute atomic E-state index is 0.0843. The lowest BCUT2D eigenvalue weighted by Crippen LogP contribution is -2.23. The van der Waals surface area contributed by atoms with Crippen molar-refractivity contribution in [2.45, 2.75) is 32.7 Å². The highest BCUT2D eigenvalue weighted by molar-refractivity contribution is 5.90. The lowest BCUT2D eigenvalue weighted by molar-refractivity contribution is -0.116. The Morgan fingerprint density at radius 3 is 2.53 bits per heavy atom. The largest absolute Gasteiger partial charge is 0.348 e. The molecule has 0 saturated carbocycles. The second-order valence-corrected chi connectivity index (χ2v) is 7.39. The maximum Gasteiger partial charge on any atom is 0.299 e. The van der Waals surface area contributed by atoms with Crippen LogP contribution in [0.4, 0.5) is 5.69 Å². The van der Waals surface area contributed by atoms with Crippen LogP contribution in [0.15, 0.2) is 70.2 Å². The average Bonchev–Trinajstić information content (AvgIpc) is 3.19. The summed E-state index contributed by atoms with van der Waals surface area (Å²) in [4.78, 5) is 29.3. The number of hydrogen-bond acceptors (Lipinski definition) is 5. The standard InChI is InChI=1S/C23H22N4O3/c1-15(2)16-8-10-18(11-9-16)25-19(28)12-13-27-14-24-21-20(17-6-4-3-5-7-17)26-30-22(21)23(27)29/h3-11,14-15H,12-13H2,1-2H3,(H,25,28). The number of rotatable bonds is 6. The van der Waals surface area contributed by atoms with Gasteiger partial charge in [0.25, 0.3) is 11.1 Å². The van der Waals surface area contributed by atoms with Crippen molar-refractivity contribution in [2.75, 3.05) is 5.32 Å². The van der Waals surface area contributed by atoms with Gasteiger partial charge in [0.05, 0.1) is 6.33 Å². The summed E-state index contributed by atoms with van der Waals surface area (Å²) in [6.45, 7) is 4.43. The molecule has 2 aromatic carbocycles. The van der Waals surface area contributed by atoms with Gasteiger partial charge in [0.15, 0.2) is 0 Å². The molecule has 0 bridgehead atoms. The molecular weight excluding hydrogens is 380 g/mol. The van der Waals surface area contributed by atoms with Gasteiger partial charge in [-0.2, -0.15) is 0 Å². The molecular formula is C23H22N4O3. The summed E-state index contributed by atoms with van der Waals surface area (Å²) in [5.41, 5.74) is 3.43. The highest BCUT2D eigenvalue weighted by Crippen LogP contribution is 2.24. The highest BCUT2D eigenvalue weighted by atomic mass is 16.5. The number of carbonyl (C=O) groups is 1. The van der Waals surface area contributed by atoms with Crippen molar-refractivity contribution in [3.05, 3.63) is 76.8 Å². The topological polar surface area (TPSA) is 90.0 Å². The predicted molar refractivity (Wildman–Crippen MR) is 115 cm³/mol. The van der Waals surface area contributed by atoms with E-state index in [4.69, 9.17) is 4.52 Å². The molecule has 4 rings (SSSR count). The van der Waals surface area contributed by atoms with Gasteiger partial charge in [-0.1, -0.05) is 61.5 Å². The van der Waals surface area contributed by atoms with E-state index in [9.17, 15) is 9.59 Å². The van der Waals surface area contributed by atoms with Crippen LogP contribution in [0.5, 0.6) is 0 Å². The predicted octanol–water partition coefficient (Wildman–Crippen LogP) is 4.20. The molecule has 0 aliphatic rings. The molecule has 0 unspecified atom stereocenters. The number of aromatic nitrogens is 3. The Labute approximate surface area is 173 Å². The molecule has 0 spiro atoms. The molecule has 4 aromatic rings. The quantitative estimate of drug-likeness (QED) is 0.522. The summed E-state index contributed by atoms with van der Waals surface area (Å²) < 4.78 is 6.63. The van der Waals surface area contributed by atoms with E-state index in [1.54, 1.807) is 0 Å². The average molecular weight is 402 g/mol. The second-order valence-electron chi connectivity index (χ2n) is 7.39. The van der Waals surface area contributed by atoms with Crippen LogP contribution in [0.25, 0.3) is 22.4 Å². The first-order valence-corrected chi connectivity index (χ1v) is 9.83. The third-order valence-electron chi connectivity index (χ3n) is 4.94. The molecule has 0 atom stereocenters. The number of nitrogens with one attached hydrogen (secondary N) is 1. The second kappa shape index (κ2) is 8.32. The molecule has 7 heteroatoms. The Morgan fingerprint density at radius 1 is 1.10 bits per heavy atom. The van der Waals surface area contributed by atoms with Crippen LogP contribution in [0.2, 0.25) is 0 Å². The van der Waals surface area contributed by atoms with Crippen molar-refractivity contribution < 1.29 is 9.32 Å². The lowest BCUT2D eigenvalue weighted by Gasteiger charge is -2.09. The van der Waals surface area contributed by atoms with Crippen LogP contribution in [-0.2, 0) is 11.3 Å². The first-order chi connectivity index (χ1) is 14.5. The van der Waals surface area contributed by atoms with Crippen molar-refractivity contribution in [2.24, 2.45) is 0 Å². The van der Waals surface area contributed by atoms with Crippen LogP contribution in [0, 0.1) is 0 Å². The Morgan fingerprint density at radius 2 is 1.83 bits per heavy atom. The van der Waals surface area contributed by atoms with Crippen LogP contribution < -0.4 is 10.9 Å². The smallest absolute Gasteiger partial charge is 0.299 e. The van der Waals surface area contributed by atoms with Crippen molar-refractivity contribution >= 4 is 22.7 Å². The zero-order valence-corrected chi connectivity index (χ0v) is 16.8. The van der Waals surface area contributed by atoms with E-state index in [0.717, 1.165) is 11.3 Å². The summed E-state index contributed by atoms with van der Waals surface area (Å²) in [5, 5.41) is 6.86. The third kappa shape index (κ3) is 4.00. The molecule has 1 amide bonds. The van der Waals surface area contributed by atoms with E-state index < -0.39 is 0 Å². The number of hydrogen-bond donors (Lipinski definition) is 1. The lowest BCUT2D eigenvalue weighted by atomic mass is 10.0. The Bertz CT molecular complexity index is 1230. The minimum atomic E-state index is -0.358. The van der Waals surface area contributed by atoms with E-state index in [1.807, 2.05) is 54.6 Å². The van der Waals surface area contributed by atoms with E-state index in [2.05, 4.69) is 29.3 Å². The van der Waals surface area contributed by atoms with Gasteiger partial charge < -0.3 is 9.84 Å². The minimum Gasteiger partial charge on any atom is -0.348 e. The van der Waals surface area contributed by atoms with E-state index in [0.29, 0.717) is 17.1 Å². The fourth-order valence-corrected chi connectivity index (χ4v) is 3.20. The van der Waals surface area contributed by atoms with Gasteiger partial charge in [0, 0.05) is 24.2 Å². The van der Waals surface area contributed by atoms with Crippen LogP contribution in [-0.4, -0.2) is 20.6 Å². The summed E-state index contributed by atoms with van der Waals surface area (Å²) in [6, 6.07) is 17.2. The fourth-order valence-electron chi connectivity index (χ4n) is 3.20. The molecule has 7 nitrogen and oxygen atoms in total.